The molecule has 0 aliphatic rings. The highest BCUT2D eigenvalue weighted by Crippen LogP contribution is 2.12. The van der Waals surface area contributed by atoms with Crippen molar-refractivity contribution in [3.8, 4) is 5.75 Å². The Morgan fingerprint density at radius 2 is 2.36 bits per heavy atom. The molecule has 1 heterocycles. The summed E-state index contributed by atoms with van der Waals surface area (Å²) in [7, 11) is 1.55. The summed E-state index contributed by atoms with van der Waals surface area (Å²) in [6, 6.07) is 3.31. The molecular formula is C8H9NO2. The van der Waals surface area contributed by atoms with Crippen LogP contribution in [0.2, 0.25) is 0 Å². The molecule has 0 fully saturated rings. The number of nitrogens with zero attached hydrogens (tertiary/aromatic N) is 1. The standard InChI is InChI=1S/C8H9NO2/c1-6(10)8-4-3-7(11-2)5-9-8/h1,3-6,10H,2H3. The van der Waals surface area contributed by atoms with Gasteiger partial charge in [0.2, 0.25) is 0 Å². The zero-order valence-corrected chi connectivity index (χ0v) is 6.19. The number of methoxy groups -OCH3 is 1. The molecule has 1 unspecified atom stereocenters. The van der Waals surface area contributed by atoms with E-state index < -0.39 is 6.10 Å². The second kappa shape index (κ2) is 3.34. The zero-order valence-electron chi connectivity index (χ0n) is 6.19. The van der Waals surface area contributed by atoms with Crippen LogP contribution in [-0.2, 0) is 0 Å². The maximum absolute atomic E-state index is 8.86. The van der Waals surface area contributed by atoms with Crippen LogP contribution in [0.3, 0.4) is 0 Å². The van der Waals surface area contributed by atoms with E-state index in [4.69, 9.17) is 16.8 Å². The van der Waals surface area contributed by atoms with E-state index in [0.29, 0.717) is 11.4 Å². The molecule has 2 radical (unpaired) electrons. The molecule has 0 amide bonds. The first-order chi connectivity index (χ1) is 5.24. The second-order valence-electron chi connectivity index (χ2n) is 2.07. The van der Waals surface area contributed by atoms with Gasteiger partial charge in [0.1, 0.15) is 5.75 Å². The van der Waals surface area contributed by atoms with Crippen LogP contribution in [0, 0.1) is 6.92 Å². The first-order valence-corrected chi connectivity index (χ1v) is 3.17. The molecule has 0 spiro atoms. The van der Waals surface area contributed by atoms with Crippen molar-refractivity contribution in [3.63, 3.8) is 0 Å². The van der Waals surface area contributed by atoms with E-state index in [-0.39, 0.29) is 0 Å². The fourth-order valence-corrected chi connectivity index (χ4v) is 0.687. The molecule has 0 saturated heterocycles. The van der Waals surface area contributed by atoms with Crippen LogP contribution >= 0.6 is 0 Å². The Bertz CT molecular complexity index is 218. The van der Waals surface area contributed by atoms with Gasteiger partial charge in [-0.05, 0) is 12.1 Å². The van der Waals surface area contributed by atoms with Gasteiger partial charge in [-0.25, -0.2) is 0 Å². The van der Waals surface area contributed by atoms with Gasteiger partial charge in [-0.15, -0.1) is 0 Å². The normalized spacial score (nSPS) is 12.6. The molecule has 0 aromatic carbocycles. The first-order valence-electron chi connectivity index (χ1n) is 3.17. The Balaban J connectivity index is 2.83. The third-order valence-corrected chi connectivity index (χ3v) is 1.30. The van der Waals surface area contributed by atoms with E-state index in [1.807, 2.05) is 0 Å². The van der Waals surface area contributed by atoms with E-state index in [1.54, 1.807) is 19.2 Å². The first kappa shape index (κ1) is 8.01. The lowest BCUT2D eigenvalue weighted by Crippen LogP contribution is -1.95. The quantitative estimate of drug-likeness (QED) is 0.680. The van der Waals surface area contributed by atoms with Gasteiger partial charge >= 0.3 is 0 Å². The minimum atomic E-state index is -1.01. The minimum absolute atomic E-state index is 0.436. The van der Waals surface area contributed by atoms with Crippen molar-refractivity contribution in [2.45, 2.75) is 6.10 Å². The number of hydrogen-bond acceptors (Lipinski definition) is 3. The summed E-state index contributed by atoms with van der Waals surface area (Å²) in [6.45, 7) is 5.16. The van der Waals surface area contributed by atoms with Crippen LogP contribution in [0.15, 0.2) is 18.3 Å². The smallest absolute Gasteiger partial charge is 0.137 e. The van der Waals surface area contributed by atoms with E-state index >= 15 is 0 Å². The molecule has 1 aromatic heterocycles. The van der Waals surface area contributed by atoms with E-state index in [0.717, 1.165) is 0 Å². The summed E-state index contributed by atoms with van der Waals surface area (Å²) in [5.41, 5.74) is 0.436. The Hall–Kier alpha value is -1.09. The number of aromatic nitrogens is 1. The van der Waals surface area contributed by atoms with Crippen LogP contribution in [-0.4, -0.2) is 17.2 Å². The lowest BCUT2D eigenvalue weighted by molar-refractivity contribution is 0.221. The molecule has 0 saturated carbocycles. The molecule has 3 nitrogen and oxygen atoms in total. The van der Waals surface area contributed by atoms with E-state index in [1.165, 1.54) is 6.20 Å². The van der Waals surface area contributed by atoms with Crippen molar-refractivity contribution < 1.29 is 9.84 Å². The summed E-state index contributed by atoms with van der Waals surface area (Å²) < 4.78 is 4.86. The van der Waals surface area contributed by atoms with Crippen LogP contribution in [0.4, 0.5) is 0 Å². The molecule has 1 atom stereocenters. The number of aliphatic hydroxyl groups is 1. The maximum Gasteiger partial charge on any atom is 0.137 e. The van der Waals surface area contributed by atoms with E-state index in [9.17, 15) is 0 Å². The van der Waals surface area contributed by atoms with Crippen molar-refractivity contribution in [1.29, 1.82) is 0 Å². The Labute approximate surface area is 65.7 Å². The summed E-state index contributed by atoms with van der Waals surface area (Å²) in [6.07, 6.45) is 0.492. The average Bonchev–Trinajstić information content (AvgIpc) is 2.05. The molecule has 1 rings (SSSR count). The third kappa shape index (κ3) is 1.91. The molecule has 0 aliphatic carbocycles. The van der Waals surface area contributed by atoms with Crippen molar-refractivity contribution >= 4 is 0 Å². The van der Waals surface area contributed by atoms with Gasteiger partial charge in [0.25, 0.3) is 0 Å². The van der Waals surface area contributed by atoms with Gasteiger partial charge in [-0.1, -0.05) is 0 Å². The number of pyridine rings is 1. The predicted octanol–water partition coefficient (Wildman–Crippen LogP) is 0.835. The predicted molar refractivity (Wildman–Crippen MR) is 40.0 cm³/mol. The summed E-state index contributed by atoms with van der Waals surface area (Å²) in [4.78, 5) is 3.85. The lowest BCUT2D eigenvalue weighted by atomic mass is 10.2. The molecule has 0 bridgehead atoms. The van der Waals surface area contributed by atoms with Gasteiger partial charge in [-0.2, -0.15) is 0 Å². The highest BCUT2D eigenvalue weighted by atomic mass is 16.5. The Kier molecular flexibility index (Phi) is 2.44. The van der Waals surface area contributed by atoms with Crippen molar-refractivity contribution in [2.24, 2.45) is 0 Å². The minimum Gasteiger partial charge on any atom is -0.495 e. The molecule has 3 heteroatoms. The Morgan fingerprint density at radius 3 is 2.73 bits per heavy atom. The van der Waals surface area contributed by atoms with Crippen LogP contribution < -0.4 is 4.74 Å². The third-order valence-electron chi connectivity index (χ3n) is 1.30. The van der Waals surface area contributed by atoms with Crippen molar-refractivity contribution in [2.75, 3.05) is 7.11 Å². The summed E-state index contributed by atoms with van der Waals surface area (Å²) >= 11 is 0. The van der Waals surface area contributed by atoms with Gasteiger partial charge < -0.3 is 9.84 Å². The largest absolute Gasteiger partial charge is 0.495 e. The topological polar surface area (TPSA) is 42.4 Å². The lowest BCUT2D eigenvalue weighted by Gasteiger charge is -2.03. The monoisotopic (exact) mass is 151 g/mol. The zero-order chi connectivity index (χ0) is 8.27. The van der Waals surface area contributed by atoms with Gasteiger partial charge in [0.15, 0.2) is 0 Å². The summed E-state index contributed by atoms with van der Waals surface area (Å²) in [5, 5.41) is 8.86. The van der Waals surface area contributed by atoms with Gasteiger partial charge in [-0.3, -0.25) is 4.98 Å². The fraction of sp³-hybridized carbons (Fsp3) is 0.250. The average molecular weight is 151 g/mol. The maximum atomic E-state index is 8.86. The SMILES string of the molecule is [CH]C(O)c1ccc(OC)cn1. The van der Waals surface area contributed by atoms with Crippen molar-refractivity contribution in [3.05, 3.63) is 30.9 Å². The Morgan fingerprint density at radius 1 is 1.64 bits per heavy atom. The number of aliphatic hydroxyl groups excluding tert-OH is 1. The van der Waals surface area contributed by atoms with Crippen LogP contribution in [0.1, 0.15) is 11.8 Å². The highest BCUT2D eigenvalue weighted by molar-refractivity contribution is 5.20. The molecule has 0 aliphatic heterocycles. The van der Waals surface area contributed by atoms with Gasteiger partial charge in [0, 0.05) is 6.92 Å². The number of rotatable bonds is 2. The van der Waals surface area contributed by atoms with Crippen LogP contribution in [0.5, 0.6) is 5.75 Å². The second-order valence-corrected chi connectivity index (χ2v) is 2.07. The number of hydrogen-bond donors (Lipinski definition) is 1. The summed E-state index contributed by atoms with van der Waals surface area (Å²) in [5.74, 6) is 0.648. The molecule has 1 aromatic rings. The molecular weight excluding hydrogens is 142 g/mol. The number of ether oxygens (including phenoxy) is 1. The fourth-order valence-electron chi connectivity index (χ4n) is 0.687. The molecule has 1 N–H and O–H groups in total. The van der Waals surface area contributed by atoms with Crippen LogP contribution in [0.25, 0.3) is 0 Å². The van der Waals surface area contributed by atoms with E-state index in [2.05, 4.69) is 4.98 Å². The van der Waals surface area contributed by atoms with Gasteiger partial charge in [0.05, 0.1) is 25.1 Å². The van der Waals surface area contributed by atoms with Crippen molar-refractivity contribution in [1.82, 2.24) is 4.98 Å². The molecule has 11 heavy (non-hydrogen) atoms. The highest BCUT2D eigenvalue weighted by Gasteiger charge is 2.01. The molecule has 58 valence electrons.